The summed E-state index contributed by atoms with van der Waals surface area (Å²) in [5, 5.41) is 11.5. The molecule has 2 aromatic rings. The van der Waals surface area contributed by atoms with Crippen LogP contribution < -0.4 is 10.2 Å². The van der Waals surface area contributed by atoms with Crippen LogP contribution in [-0.2, 0) is 9.47 Å². The van der Waals surface area contributed by atoms with Crippen LogP contribution in [0.2, 0.25) is 0 Å². The molecule has 0 aliphatic carbocycles. The lowest BCUT2D eigenvalue weighted by molar-refractivity contribution is -0.169. The predicted octanol–water partition coefficient (Wildman–Crippen LogP) is 2.58. The van der Waals surface area contributed by atoms with Crippen molar-refractivity contribution < 1.29 is 9.47 Å². The van der Waals surface area contributed by atoms with Gasteiger partial charge < -0.3 is 19.7 Å². The number of hydrogen-bond acceptors (Lipinski definition) is 7. The predicted molar refractivity (Wildman–Crippen MR) is 95.1 cm³/mol. The third-order valence-electron chi connectivity index (χ3n) is 4.84. The van der Waals surface area contributed by atoms with Crippen molar-refractivity contribution in [1.29, 1.82) is 0 Å². The van der Waals surface area contributed by atoms with Gasteiger partial charge in [-0.15, -0.1) is 5.10 Å². The fourth-order valence-corrected chi connectivity index (χ4v) is 3.44. The molecule has 0 bridgehead atoms. The van der Waals surface area contributed by atoms with E-state index in [1.54, 1.807) is 6.20 Å². The molecule has 1 N–H and O–H groups in total. The Morgan fingerprint density at radius 3 is 2.60 bits per heavy atom. The van der Waals surface area contributed by atoms with Gasteiger partial charge in [-0.3, -0.25) is 0 Å². The summed E-state index contributed by atoms with van der Waals surface area (Å²) in [7, 11) is 0. The van der Waals surface area contributed by atoms with Crippen LogP contribution in [0.3, 0.4) is 0 Å². The summed E-state index contributed by atoms with van der Waals surface area (Å²) >= 11 is 0. The lowest BCUT2D eigenvalue weighted by Crippen LogP contribution is -2.45. The van der Waals surface area contributed by atoms with Gasteiger partial charge in [0.25, 0.3) is 0 Å². The highest BCUT2D eigenvalue weighted by Gasteiger charge is 2.40. The van der Waals surface area contributed by atoms with Crippen molar-refractivity contribution in [2.75, 3.05) is 36.5 Å². The molecule has 0 amide bonds. The molecule has 0 saturated carbocycles. The zero-order chi connectivity index (χ0) is 17.3. The summed E-state index contributed by atoms with van der Waals surface area (Å²) < 4.78 is 11.6. The number of piperidine rings is 1. The van der Waals surface area contributed by atoms with E-state index in [9.17, 15) is 0 Å². The lowest BCUT2D eigenvalue weighted by atomic mass is 10.0. The molecule has 2 aliphatic rings. The minimum absolute atomic E-state index is 0.378. The Kier molecular flexibility index (Phi) is 4.27. The van der Waals surface area contributed by atoms with Crippen LogP contribution in [0.25, 0.3) is 0 Å². The molecule has 2 fully saturated rings. The second-order valence-electron chi connectivity index (χ2n) is 6.68. The van der Waals surface area contributed by atoms with E-state index in [1.165, 1.54) is 5.56 Å². The molecule has 0 unspecified atom stereocenters. The maximum Gasteiger partial charge on any atom is 0.249 e. The molecule has 25 heavy (non-hydrogen) atoms. The average molecular weight is 341 g/mol. The SMILES string of the molecule is Cc1ccc(Nc2nncc(N3CCC4(CC3)OCCO4)n2)c(C)c1. The van der Waals surface area contributed by atoms with Crippen LogP contribution in [0.5, 0.6) is 0 Å². The molecule has 4 rings (SSSR count). The van der Waals surface area contributed by atoms with Gasteiger partial charge >= 0.3 is 0 Å². The zero-order valence-corrected chi connectivity index (χ0v) is 14.7. The molecule has 7 nitrogen and oxygen atoms in total. The fraction of sp³-hybridized carbons (Fsp3) is 0.500. The normalized spacial score (nSPS) is 19.4. The van der Waals surface area contributed by atoms with Gasteiger partial charge in [0.2, 0.25) is 5.95 Å². The number of benzene rings is 1. The van der Waals surface area contributed by atoms with Crippen LogP contribution in [0.1, 0.15) is 24.0 Å². The Morgan fingerprint density at radius 2 is 1.88 bits per heavy atom. The number of ether oxygens (including phenoxy) is 2. The number of anilines is 3. The van der Waals surface area contributed by atoms with E-state index in [0.717, 1.165) is 43.0 Å². The molecule has 0 radical (unpaired) electrons. The summed E-state index contributed by atoms with van der Waals surface area (Å²) in [6, 6.07) is 6.24. The van der Waals surface area contributed by atoms with E-state index >= 15 is 0 Å². The number of nitrogens with zero attached hydrogens (tertiary/aromatic N) is 4. The second kappa shape index (κ2) is 6.57. The molecule has 2 aliphatic heterocycles. The van der Waals surface area contributed by atoms with E-state index in [4.69, 9.17) is 9.47 Å². The van der Waals surface area contributed by atoms with E-state index in [-0.39, 0.29) is 5.79 Å². The first-order chi connectivity index (χ1) is 12.1. The molecule has 1 aromatic heterocycles. The molecule has 0 atom stereocenters. The second-order valence-corrected chi connectivity index (χ2v) is 6.68. The van der Waals surface area contributed by atoms with E-state index < -0.39 is 0 Å². The lowest BCUT2D eigenvalue weighted by Gasteiger charge is -2.37. The first-order valence-electron chi connectivity index (χ1n) is 8.70. The molecule has 1 aromatic carbocycles. The number of nitrogens with one attached hydrogen (secondary N) is 1. The number of hydrogen-bond donors (Lipinski definition) is 1. The molecule has 2 saturated heterocycles. The molecular formula is C18H23N5O2. The van der Waals surface area contributed by atoms with Gasteiger partial charge in [0.1, 0.15) is 0 Å². The topological polar surface area (TPSA) is 72.4 Å². The summed E-state index contributed by atoms with van der Waals surface area (Å²) in [5.74, 6) is 0.963. The average Bonchev–Trinajstić information content (AvgIpc) is 3.06. The van der Waals surface area contributed by atoms with Gasteiger partial charge in [-0.1, -0.05) is 17.7 Å². The molecule has 1 spiro atoms. The van der Waals surface area contributed by atoms with E-state index in [2.05, 4.69) is 51.4 Å². The third kappa shape index (κ3) is 3.43. The summed E-state index contributed by atoms with van der Waals surface area (Å²) in [5.41, 5.74) is 3.38. The van der Waals surface area contributed by atoms with Crippen molar-refractivity contribution in [2.45, 2.75) is 32.5 Å². The Morgan fingerprint density at radius 1 is 1.12 bits per heavy atom. The van der Waals surface area contributed by atoms with Crippen molar-refractivity contribution >= 4 is 17.5 Å². The van der Waals surface area contributed by atoms with Crippen molar-refractivity contribution in [1.82, 2.24) is 15.2 Å². The van der Waals surface area contributed by atoms with Crippen LogP contribution in [0, 0.1) is 13.8 Å². The maximum atomic E-state index is 5.78. The van der Waals surface area contributed by atoms with Gasteiger partial charge in [-0.25, -0.2) is 0 Å². The van der Waals surface area contributed by atoms with Crippen LogP contribution in [-0.4, -0.2) is 47.3 Å². The molecule has 7 heteroatoms. The van der Waals surface area contributed by atoms with Crippen molar-refractivity contribution in [2.24, 2.45) is 0 Å². The minimum atomic E-state index is -0.378. The quantitative estimate of drug-likeness (QED) is 0.920. The highest BCUT2D eigenvalue weighted by molar-refractivity contribution is 5.59. The molecular weight excluding hydrogens is 318 g/mol. The minimum Gasteiger partial charge on any atom is -0.355 e. The van der Waals surface area contributed by atoms with Crippen molar-refractivity contribution in [3.63, 3.8) is 0 Å². The highest BCUT2D eigenvalue weighted by atomic mass is 16.7. The first kappa shape index (κ1) is 16.2. The Bertz CT molecular complexity index is 751. The highest BCUT2D eigenvalue weighted by Crippen LogP contribution is 2.32. The monoisotopic (exact) mass is 341 g/mol. The molecule has 3 heterocycles. The Hall–Kier alpha value is -2.25. The fourth-order valence-electron chi connectivity index (χ4n) is 3.44. The van der Waals surface area contributed by atoms with Gasteiger partial charge in [-0.05, 0) is 25.5 Å². The van der Waals surface area contributed by atoms with E-state index in [0.29, 0.717) is 19.2 Å². The first-order valence-corrected chi connectivity index (χ1v) is 8.70. The van der Waals surface area contributed by atoms with Crippen molar-refractivity contribution in [3.05, 3.63) is 35.5 Å². The largest absolute Gasteiger partial charge is 0.355 e. The van der Waals surface area contributed by atoms with Crippen molar-refractivity contribution in [3.8, 4) is 0 Å². The third-order valence-corrected chi connectivity index (χ3v) is 4.84. The van der Waals surface area contributed by atoms with Crippen LogP contribution in [0.4, 0.5) is 17.5 Å². The van der Waals surface area contributed by atoms with Gasteiger partial charge in [0, 0.05) is 31.6 Å². The standard InChI is InChI=1S/C18H23N5O2/c1-13-3-4-15(14(2)11-13)20-17-21-16(12-19-22-17)23-7-5-18(6-8-23)24-9-10-25-18/h3-4,11-12H,5-10H2,1-2H3,(H,20,21,22). The summed E-state index contributed by atoms with van der Waals surface area (Å²) in [4.78, 5) is 6.84. The van der Waals surface area contributed by atoms with Gasteiger partial charge in [0.05, 0.1) is 19.4 Å². The summed E-state index contributed by atoms with van der Waals surface area (Å²) in [6.07, 6.45) is 3.40. The molecule has 132 valence electrons. The maximum absolute atomic E-state index is 5.78. The van der Waals surface area contributed by atoms with E-state index in [1.807, 2.05) is 6.07 Å². The Balaban J connectivity index is 1.46. The Labute approximate surface area is 147 Å². The van der Waals surface area contributed by atoms with Gasteiger partial charge in [-0.2, -0.15) is 10.1 Å². The van der Waals surface area contributed by atoms with Gasteiger partial charge in [0.15, 0.2) is 11.6 Å². The number of rotatable bonds is 3. The summed E-state index contributed by atoms with van der Waals surface area (Å²) in [6.45, 7) is 7.20. The zero-order valence-electron chi connectivity index (χ0n) is 14.7. The number of aromatic nitrogens is 3. The smallest absolute Gasteiger partial charge is 0.249 e. The van der Waals surface area contributed by atoms with Crippen LogP contribution >= 0.6 is 0 Å². The van der Waals surface area contributed by atoms with Crippen LogP contribution in [0.15, 0.2) is 24.4 Å². The number of aryl methyl sites for hydroxylation is 2.